The lowest BCUT2D eigenvalue weighted by molar-refractivity contribution is 0.238. The molecule has 2 aromatic carbocycles. The van der Waals surface area contributed by atoms with E-state index in [2.05, 4.69) is 0 Å². The van der Waals surface area contributed by atoms with Gasteiger partial charge in [-0.05, 0) is 23.3 Å². The van der Waals surface area contributed by atoms with Gasteiger partial charge in [0, 0.05) is 6.92 Å². The van der Waals surface area contributed by atoms with Crippen LogP contribution >= 0.6 is 12.2 Å². The Balaban J connectivity index is 2.41. The first kappa shape index (κ1) is 13.7. The Kier molecular flexibility index (Phi) is 4.30. The zero-order valence-corrected chi connectivity index (χ0v) is 11.7. The summed E-state index contributed by atoms with van der Waals surface area (Å²) in [5.74, 6) is 0. The Morgan fingerprint density at radius 1 is 1.00 bits per heavy atom. The van der Waals surface area contributed by atoms with E-state index in [0.717, 1.165) is 11.1 Å². The molecule has 0 bridgehead atoms. The smallest absolute Gasteiger partial charge is 0.156 e. The summed E-state index contributed by atoms with van der Waals surface area (Å²) < 4.78 is 5.52. The van der Waals surface area contributed by atoms with E-state index in [9.17, 15) is 0 Å². The molecule has 98 valence electrons. The van der Waals surface area contributed by atoms with Crippen LogP contribution in [0.4, 0.5) is 0 Å². The largest absolute Gasteiger partial charge is 0.485 e. The first-order valence-corrected chi connectivity index (χ1v) is 6.57. The Labute approximate surface area is 119 Å². The van der Waals surface area contributed by atoms with Crippen molar-refractivity contribution in [1.82, 2.24) is 0 Å². The van der Waals surface area contributed by atoms with Crippen molar-refractivity contribution in [3.05, 3.63) is 71.8 Å². The lowest BCUT2D eigenvalue weighted by atomic mass is 9.84. The zero-order chi connectivity index (χ0) is 13.7. The van der Waals surface area contributed by atoms with Gasteiger partial charge in [0.1, 0.15) is 12.1 Å². The van der Waals surface area contributed by atoms with E-state index in [-0.39, 0.29) is 0 Å². The molecule has 2 nitrogen and oxygen atoms in total. The summed E-state index contributed by atoms with van der Waals surface area (Å²) >= 11 is 4.99. The molecule has 2 rings (SSSR count). The van der Waals surface area contributed by atoms with E-state index in [1.54, 1.807) is 6.92 Å². The van der Waals surface area contributed by atoms with Gasteiger partial charge in [0.15, 0.2) is 5.05 Å². The number of thiocarbonyl (C=S) groups is 1. The van der Waals surface area contributed by atoms with Crippen molar-refractivity contribution in [3.8, 4) is 0 Å². The highest BCUT2D eigenvalue weighted by Gasteiger charge is 2.30. The lowest BCUT2D eigenvalue weighted by Gasteiger charge is -2.30. The molecule has 2 N–H and O–H groups in total. The highest BCUT2D eigenvalue weighted by atomic mass is 32.1. The first-order valence-electron chi connectivity index (χ1n) is 6.16. The molecule has 0 aliphatic rings. The van der Waals surface area contributed by atoms with Crippen molar-refractivity contribution in [2.24, 2.45) is 5.73 Å². The maximum absolute atomic E-state index is 6.60. The quantitative estimate of drug-likeness (QED) is 0.867. The Morgan fingerprint density at radius 3 is 1.79 bits per heavy atom. The number of hydrogen-bond acceptors (Lipinski definition) is 3. The number of hydrogen-bond donors (Lipinski definition) is 1. The van der Waals surface area contributed by atoms with Gasteiger partial charge in [0.05, 0.1) is 0 Å². The number of rotatable bonds is 4. The van der Waals surface area contributed by atoms with Crippen LogP contribution in [-0.2, 0) is 10.3 Å². The second kappa shape index (κ2) is 5.95. The third-order valence-corrected chi connectivity index (χ3v) is 3.20. The molecule has 0 atom stereocenters. The molecule has 0 heterocycles. The van der Waals surface area contributed by atoms with E-state index in [1.165, 1.54) is 0 Å². The van der Waals surface area contributed by atoms with Gasteiger partial charge < -0.3 is 10.5 Å². The van der Waals surface area contributed by atoms with Gasteiger partial charge in [0.25, 0.3) is 0 Å². The van der Waals surface area contributed by atoms with Crippen LogP contribution in [-0.4, -0.2) is 11.7 Å². The Morgan fingerprint density at radius 2 is 1.42 bits per heavy atom. The summed E-state index contributed by atoms with van der Waals surface area (Å²) in [5, 5.41) is 0.502. The second-order valence-corrected chi connectivity index (χ2v) is 5.06. The summed E-state index contributed by atoms with van der Waals surface area (Å²) in [6.07, 6.45) is 0. The van der Waals surface area contributed by atoms with Crippen LogP contribution in [0.3, 0.4) is 0 Å². The molecule has 2 aromatic rings. The van der Waals surface area contributed by atoms with Crippen LogP contribution in [0.5, 0.6) is 0 Å². The van der Waals surface area contributed by atoms with Gasteiger partial charge in [-0.1, -0.05) is 60.7 Å². The maximum Gasteiger partial charge on any atom is 0.156 e. The molecule has 0 radical (unpaired) electrons. The van der Waals surface area contributed by atoms with Gasteiger partial charge >= 0.3 is 0 Å². The molecule has 0 amide bonds. The highest BCUT2D eigenvalue weighted by molar-refractivity contribution is 7.80. The van der Waals surface area contributed by atoms with Gasteiger partial charge in [0.2, 0.25) is 0 Å². The normalized spacial score (nSPS) is 11.1. The summed E-state index contributed by atoms with van der Waals surface area (Å²) in [5.41, 5.74) is 7.94. The number of ether oxygens (including phenoxy) is 1. The van der Waals surface area contributed by atoms with Crippen molar-refractivity contribution in [2.45, 2.75) is 12.5 Å². The molecular weight excluding hydrogens is 254 g/mol. The van der Waals surface area contributed by atoms with Crippen LogP contribution in [0.2, 0.25) is 0 Å². The van der Waals surface area contributed by atoms with E-state index in [4.69, 9.17) is 22.7 Å². The van der Waals surface area contributed by atoms with E-state index < -0.39 is 5.54 Å². The topological polar surface area (TPSA) is 35.2 Å². The van der Waals surface area contributed by atoms with Crippen LogP contribution < -0.4 is 5.73 Å². The Bertz CT molecular complexity index is 500. The van der Waals surface area contributed by atoms with Crippen LogP contribution in [0.1, 0.15) is 18.1 Å². The monoisotopic (exact) mass is 271 g/mol. The second-order valence-electron chi connectivity index (χ2n) is 4.48. The summed E-state index contributed by atoms with van der Waals surface area (Å²) in [6, 6.07) is 19.9. The van der Waals surface area contributed by atoms with Gasteiger partial charge in [-0.15, -0.1) is 0 Å². The van der Waals surface area contributed by atoms with Crippen molar-refractivity contribution >= 4 is 17.3 Å². The molecule has 3 heteroatoms. The fourth-order valence-electron chi connectivity index (χ4n) is 2.02. The zero-order valence-electron chi connectivity index (χ0n) is 10.9. The standard InChI is InChI=1S/C16H17NOS/c1-13(19)18-12-16(17,14-8-4-2-5-9-14)15-10-6-3-7-11-15/h2-11H,12,17H2,1H3. The van der Waals surface area contributed by atoms with Crippen molar-refractivity contribution in [1.29, 1.82) is 0 Å². The molecule has 0 spiro atoms. The van der Waals surface area contributed by atoms with Crippen molar-refractivity contribution in [2.75, 3.05) is 6.61 Å². The van der Waals surface area contributed by atoms with Gasteiger partial charge in [-0.2, -0.15) is 0 Å². The maximum atomic E-state index is 6.60. The third-order valence-electron chi connectivity index (χ3n) is 3.08. The van der Waals surface area contributed by atoms with Crippen LogP contribution in [0.15, 0.2) is 60.7 Å². The predicted octanol–water partition coefficient (Wildman–Crippen LogP) is 3.25. The first-order chi connectivity index (χ1) is 9.13. The molecule has 0 unspecified atom stereocenters. The molecule has 0 fully saturated rings. The molecule has 0 aliphatic carbocycles. The van der Waals surface area contributed by atoms with E-state index in [1.807, 2.05) is 60.7 Å². The minimum absolute atomic E-state index is 0.330. The van der Waals surface area contributed by atoms with Gasteiger partial charge in [-0.3, -0.25) is 0 Å². The summed E-state index contributed by atoms with van der Waals surface area (Å²) in [7, 11) is 0. The Hall–Kier alpha value is -1.71. The van der Waals surface area contributed by atoms with Crippen LogP contribution in [0.25, 0.3) is 0 Å². The number of nitrogens with two attached hydrogens (primary N) is 1. The highest BCUT2D eigenvalue weighted by Crippen LogP contribution is 2.27. The summed E-state index contributed by atoms with van der Waals surface area (Å²) in [4.78, 5) is 0. The van der Waals surface area contributed by atoms with Crippen molar-refractivity contribution < 1.29 is 4.74 Å². The molecular formula is C16H17NOS. The number of benzene rings is 2. The third kappa shape index (κ3) is 3.19. The van der Waals surface area contributed by atoms with E-state index >= 15 is 0 Å². The molecule has 0 aromatic heterocycles. The van der Waals surface area contributed by atoms with Gasteiger partial charge in [-0.25, -0.2) is 0 Å². The van der Waals surface area contributed by atoms with Crippen molar-refractivity contribution in [3.63, 3.8) is 0 Å². The SMILES string of the molecule is CC(=S)OCC(N)(c1ccccc1)c1ccccc1. The molecule has 0 aliphatic heterocycles. The molecule has 0 saturated carbocycles. The fraction of sp³-hybridized carbons (Fsp3) is 0.188. The minimum atomic E-state index is -0.692. The molecule has 0 saturated heterocycles. The average molecular weight is 271 g/mol. The molecule has 19 heavy (non-hydrogen) atoms. The predicted molar refractivity (Wildman–Crippen MR) is 82.1 cm³/mol. The van der Waals surface area contributed by atoms with Crippen LogP contribution in [0, 0.1) is 0 Å². The average Bonchev–Trinajstić information content (AvgIpc) is 2.46. The fourth-order valence-corrected chi connectivity index (χ4v) is 2.08. The minimum Gasteiger partial charge on any atom is -0.485 e. The van der Waals surface area contributed by atoms with E-state index in [0.29, 0.717) is 11.7 Å². The lowest BCUT2D eigenvalue weighted by Crippen LogP contribution is -2.43. The summed E-state index contributed by atoms with van der Waals surface area (Å²) in [6.45, 7) is 2.09.